The maximum atomic E-state index is 14.2. The summed E-state index contributed by atoms with van der Waals surface area (Å²) in [4.78, 5) is 64.4. The lowest BCUT2D eigenvalue weighted by Gasteiger charge is -2.34. The van der Waals surface area contributed by atoms with Gasteiger partial charge in [0.25, 0.3) is 11.8 Å². The number of aliphatic hydroxyl groups is 1. The minimum absolute atomic E-state index is 0.173. The largest absolute Gasteiger partial charge is 0.389 e. The highest BCUT2D eigenvalue weighted by molar-refractivity contribution is 5.99. The molecule has 11 nitrogen and oxygen atoms in total. The van der Waals surface area contributed by atoms with Gasteiger partial charge in [-0.1, -0.05) is 137 Å². The van der Waals surface area contributed by atoms with Crippen LogP contribution in [0.3, 0.4) is 0 Å². The average Bonchev–Trinajstić information content (AvgIpc) is 3.23. The second-order valence-corrected chi connectivity index (χ2v) is 15.3. The number of nitrogens with one attached hydrogen (secondary N) is 4. The van der Waals surface area contributed by atoms with E-state index in [1.807, 2.05) is 149 Å². The van der Waals surface area contributed by atoms with E-state index in [9.17, 15) is 24.3 Å². The summed E-state index contributed by atoms with van der Waals surface area (Å²) in [5.74, 6) is -2.66. The van der Waals surface area contributed by atoms with E-state index in [2.05, 4.69) is 31.2 Å². The molecule has 2 heterocycles. The number of amides is 4. The van der Waals surface area contributed by atoms with E-state index < -0.39 is 53.9 Å². The van der Waals surface area contributed by atoms with Crippen molar-refractivity contribution in [3.8, 4) is 0 Å². The van der Waals surface area contributed by atoms with Crippen LogP contribution in [0.5, 0.6) is 0 Å². The molecule has 4 atom stereocenters. The molecule has 0 saturated carbocycles. The minimum Gasteiger partial charge on any atom is -0.389 e. The van der Waals surface area contributed by atoms with Gasteiger partial charge in [0.05, 0.1) is 29.2 Å². The highest BCUT2D eigenvalue weighted by Crippen LogP contribution is 2.18. The Morgan fingerprint density at radius 3 is 1.22 bits per heavy atom. The maximum absolute atomic E-state index is 14.2. The van der Waals surface area contributed by atoms with E-state index in [4.69, 9.17) is 0 Å². The number of aromatic nitrogens is 2. The molecule has 0 fully saturated rings. The predicted molar refractivity (Wildman–Crippen MR) is 226 cm³/mol. The van der Waals surface area contributed by atoms with Crippen LogP contribution in [-0.2, 0) is 22.4 Å². The molecular formula is C47H50N6O5. The smallest absolute Gasteiger partial charge is 0.270 e. The lowest BCUT2D eigenvalue weighted by Crippen LogP contribution is -2.61. The average molecular weight is 779 g/mol. The number of hydrogen-bond donors (Lipinski definition) is 5. The summed E-state index contributed by atoms with van der Waals surface area (Å²) in [6.45, 7) is 7.31. The topological polar surface area (TPSA) is 162 Å². The number of fused-ring (bicyclic) bond motifs is 2. The molecule has 298 valence electrons. The molecule has 4 aromatic carbocycles. The van der Waals surface area contributed by atoms with Gasteiger partial charge in [-0.05, 0) is 60.1 Å². The van der Waals surface area contributed by atoms with Gasteiger partial charge in [-0.2, -0.15) is 0 Å². The molecule has 0 aliphatic rings. The van der Waals surface area contributed by atoms with Crippen LogP contribution in [0.1, 0.15) is 59.8 Å². The van der Waals surface area contributed by atoms with Gasteiger partial charge in [0.1, 0.15) is 23.5 Å². The normalized spacial score (nSPS) is 13.5. The van der Waals surface area contributed by atoms with Crippen molar-refractivity contribution >= 4 is 45.4 Å². The zero-order chi connectivity index (χ0) is 41.2. The van der Waals surface area contributed by atoms with E-state index in [1.54, 1.807) is 12.1 Å². The molecule has 0 unspecified atom stereocenters. The van der Waals surface area contributed by atoms with E-state index in [1.165, 1.54) is 0 Å². The molecule has 11 heteroatoms. The van der Waals surface area contributed by atoms with Crippen molar-refractivity contribution in [1.29, 1.82) is 0 Å². The van der Waals surface area contributed by atoms with Crippen molar-refractivity contribution in [2.24, 2.45) is 11.8 Å². The Morgan fingerprint density at radius 2 is 0.845 bits per heavy atom. The first kappa shape index (κ1) is 41.2. The highest BCUT2D eigenvalue weighted by Gasteiger charge is 2.36. The molecule has 6 rings (SSSR count). The van der Waals surface area contributed by atoms with Gasteiger partial charge in [-0.15, -0.1) is 0 Å². The SMILES string of the molecule is CC(C)[C@H](NC(=O)c1ccc2ccccc2n1)C(=O)N[C@@H](Cc1ccccc1)C(O)[C@H](Cc1ccccc1)NC(=O)[C@@H](NC(=O)c1ccc2ccccc2n1)C(C)C. The van der Waals surface area contributed by atoms with E-state index in [-0.39, 0.29) is 36.1 Å². The molecule has 0 spiro atoms. The van der Waals surface area contributed by atoms with Crippen LogP contribution in [0.4, 0.5) is 0 Å². The van der Waals surface area contributed by atoms with E-state index in [0.717, 1.165) is 21.9 Å². The number of hydrogen-bond acceptors (Lipinski definition) is 7. The molecule has 6 aromatic rings. The fourth-order valence-corrected chi connectivity index (χ4v) is 6.96. The molecule has 4 amide bonds. The van der Waals surface area contributed by atoms with Crippen LogP contribution in [0.2, 0.25) is 0 Å². The van der Waals surface area contributed by atoms with Gasteiger partial charge in [0.2, 0.25) is 11.8 Å². The molecule has 0 aliphatic heterocycles. The second kappa shape index (κ2) is 19.1. The van der Waals surface area contributed by atoms with E-state index in [0.29, 0.717) is 11.0 Å². The number of para-hydroxylation sites is 2. The predicted octanol–water partition coefficient (Wildman–Crippen LogP) is 5.81. The first-order chi connectivity index (χ1) is 28.0. The Morgan fingerprint density at radius 1 is 0.483 bits per heavy atom. The number of benzene rings is 4. The molecule has 0 bridgehead atoms. The Bertz CT molecular complexity index is 2190. The molecule has 58 heavy (non-hydrogen) atoms. The third-order valence-corrected chi connectivity index (χ3v) is 10.2. The lowest BCUT2D eigenvalue weighted by molar-refractivity contribution is -0.126. The number of nitrogens with zero attached hydrogens (tertiary/aromatic N) is 2. The Hall–Kier alpha value is -6.46. The van der Waals surface area contributed by atoms with Crippen molar-refractivity contribution in [3.05, 3.63) is 156 Å². The molecule has 5 N–H and O–H groups in total. The maximum Gasteiger partial charge on any atom is 0.270 e. The van der Waals surface area contributed by atoms with Crippen LogP contribution >= 0.6 is 0 Å². The second-order valence-electron chi connectivity index (χ2n) is 15.3. The minimum atomic E-state index is -1.32. The fourth-order valence-electron chi connectivity index (χ4n) is 6.96. The summed E-state index contributed by atoms with van der Waals surface area (Å²) in [7, 11) is 0. The zero-order valence-electron chi connectivity index (χ0n) is 33.1. The zero-order valence-corrected chi connectivity index (χ0v) is 33.1. The quantitative estimate of drug-likeness (QED) is 0.0829. The van der Waals surface area contributed by atoms with Crippen molar-refractivity contribution < 1.29 is 24.3 Å². The third kappa shape index (κ3) is 10.5. The van der Waals surface area contributed by atoms with Gasteiger partial charge >= 0.3 is 0 Å². The van der Waals surface area contributed by atoms with Crippen LogP contribution < -0.4 is 21.3 Å². The van der Waals surface area contributed by atoms with Gasteiger partial charge < -0.3 is 26.4 Å². The summed E-state index contributed by atoms with van der Waals surface area (Å²) < 4.78 is 0. The van der Waals surface area contributed by atoms with Gasteiger partial charge in [0.15, 0.2) is 0 Å². The van der Waals surface area contributed by atoms with Crippen LogP contribution in [0.15, 0.2) is 133 Å². The molecule has 2 aromatic heterocycles. The number of aliphatic hydroxyl groups excluding tert-OH is 1. The summed E-state index contributed by atoms with van der Waals surface area (Å²) in [6.07, 6.45) is -0.875. The Kier molecular flexibility index (Phi) is 13.6. The first-order valence-electron chi connectivity index (χ1n) is 19.7. The van der Waals surface area contributed by atoms with Crippen molar-refractivity contribution in [3.63, 3.8) is 0 Å². The summed E-state index contributed by atoms with van der Waals surface area (Å²) in [6, 6.07) is 36.9. The molecular weight excluding hydrogens is 729 g/mol. The first-order valence-corrected chi connectivity index (χ1v) is 19.7. The molecule has 0 radical (unpaired) electrons. The number of rotatable bonds is 16. The van der Waals surface area contributed by atoms with Gasteiger partial charge in [-0.3, -0.25) is 19.2 Å². The van der Waals surface area contributed by atoms with Gasteiger partial charge in [-0.25, -0.2) is 9.97 Å². The van der Waals surface area contributed by atoms with Crippen molar-refractivity contribution in [1.82, 2.24) is 31.2 Å². The Balaban J connectivity index is 1.25. The van der Waals surface area contributed by atoms with E-state index >= 15 is 0 Å². The molecule has 0 aliphatic carbocycles. The number of pyridine rings is 2. The van der Waals surface area contributed by atoms with Crippen molar-refractivity contribution in [2.45, 2.75) is 70.8 Å². The summed E-state index contributed by atoms with van der Waals surface area (Å²) >= 11 is 0. The van der Waals surface area contributed by atoms with Crippen LogP contribution in [0.25, 0.3) is 21.8 Å². The van der Waals surface area contributed by atoms with Crippen LogP contribution in [-0.4, -0.2) is 69.0 Å². The number of carbonyl (C=O) groups excluding carboxylic acids is 4. The van der Waals surface area contributed by atoms with Crippen molar-refractivity contribution in [2.75, 3.05) is 0 Å². The Labute approximate surface area is 338 Å². The highest BCUT2D eigenvalue weighted by atomic mass is 16.3. The standard InChI is InChI=1S/C47H50N6O5/c1-29(2)41(52-44(55)37-25-23-33-19-11-13-21-35(33)48-37)46(57)50-39(27-31-15-7-5-8-16-31)43(54)40(28-32-17-9-6-10-18-32)51-47(58)42(30(3)4)53-45(56)38-26-24-34-20-12-14-22-36(34)49-38/h5-26,29-30,39-43,54H,27-28H2,1-4H3,(H,50,57)(H,51,58)(H,52,55)(H,53,56)/t39-,40-,41-,42-/m0/s1. The third-order valence-electron chi connectivity index (χ3n) is 10.2. The number of carbonyl (C=O) groups is 4. The van der Waals surface area contributed by atoms with Gasteiger partial charge in [0, 0.05) is 10.8 Å². The fraction of sp³-hybridized carbons (Fsp3) is 0.277. The summed E-state index contributed by atoms with van der Waals surface area (Å²) in [5, 5.41) is 25.9. The van der Waals surface area contributed by atoms with Crippen LogP contribution in [0, 0.1) is 11.8 Å². The summed E-state index contributed by atoms with van der Waals surface area (Å²) in [5.41, 5.74) is 3.35. The monoisotopic (exact) mass is 778 g/mol. The lowest BCUT2D eigenvalue weighted by atomic mass is 9.91. The molecule has 0 saturated heterocycles.